The first-order valence-electron chi connectivity index (χ1n) is 5.34. The van der Waals surface area contributed by atoms with Crippen LogP contribution in [0.15, 0.2) is 12.4 Å². The quantitative estimate of drug-likeness (QED) is 0.792. The van der Waals surface area contributed by atoms with E-state index in [1.165, 1.54) is 6.42 Å². The average molecular weight is 191 g/mol. The van der Waals surface area contributed by atoms with Gasteiger partial charge in [0.05, 0.1) is 0 Å². The highest BCUT2D eigenvalue weighted by Gasteiger charge is 2.31. The van der Waals surface area contributed by atoms with Gasteiger partial charge in [-0.1, -0.05) is 13.8 Å². The molecule has 3 nitrogen and oxygen atoms in total. The van der Waals surface area contributed by atoms with Gasteiger partial charge in [0.25, 0.3) is 0 Å². The van der Waals surface area contributed by atoms with Crippen molar-refractivity contribution in [3.63, 3.8) is 0 Å². The van der Waals surface area contributed by atoms with Crippen molar-refractivity contribution >= 4 is 5.82 Å². The second-order valence-electron chi connectivity index (χ2n) is 4.10. The molecule has 2 atom stereocenters. The van der Waals surface area contributed by atoms with Gasteiger partial charge in [-0.25, -0.2) is 9.97 Å². The summed E-state index contributed by atoms with van der Waals surface area (Å²) in [5, 5.41) is 3.36. The largest absolute Gasteiger partial charge is 0.370 e. The normalized spacial score (nSPS) is 24.7. The van der Waals surface area contributed by atoms with Crippen molar-refractivity contribution in [1.29, 1.82) is 0 Å². The smallest absolute Gasteiger partial charge is 0.129 e. The molecule has 0 amide bonds. The third kappa shape index (κ3) is 2.22. The van der Waals surface area contributed by atoms with Crippen LogP contribution in [-0.2, 0) is 6.42 Å². The number of aromatic nitrogens is 2. The molecule has 1 heterocycles. The van der Waals surface area contributed by atoms with Gasteiger partial charge in [-0.05, 0) is 24.7 Å². The Hall–Kier alpha value is -1.12. The van der Waals surface area contributed by atoms with E-state index < -0.39 is 0 Å². The number of hydrogen-bond acceptors (Lipinski definition) is 3. The van der Waals surface area contributed by atoms with Gasteiger partial charge in [0.15, 0.2) is 0 Å². The Morgan fingerprint density at radius 1 is 1.50 bits per heavy atom. The van der Waals surface area contributed by atoms with E-state index in [1.54, 1.807) is 6.33 Å². The van der Waals surface area contributed by atoms with E-state index in [4.69, 9.17) is 0 Å². The molecule has 1 fully saturated rings. The first-order chi connectivity index (χ1) is 6.79. The molecule has 0 bridgehead atoms. The summed E-state index contributed by atoms with van der Waals surface area (Å²) in [6.45, 7) is 5.46. The van der Waals surface area contributed by atoms with Crippen LogP contribution in [0.3, 0.4) is 0 Å². The van der Waals surface area contributed by atoms with E-state index in [9.17, 15) is 0 Å². The van der Waals surface area contributed by atoms with Crippen LogP contribution < -0.4 is 5.32 Å². The molecule has 1 aromatic rings. The lowest BCUT2D eigenvalue weighted by molar-refractivity contribution is 0.783. The molecule has 1 aliphatic carbocycles. The molecule has 0 spiro atoms. The maximum Gasteiger partial charge on any atom is 0.129 e. The maximum atomic E-state index is 4.19. The molecular weight excluding hydrogens is 174 g/mol. The topological polar surface area (TPSA) is 37.8 Å². The zero-order chi connectivity index (χ0) is 9.97. The Labute approximate surface area is 85.0 Å². The van der Waals surface area contributed by atoms with Gasteiger partial charge in [0.1, 0.15) is 12.1 Å². The third-order valence-electron chi connectivity index (χ3n) is 2.91. The van der Waals surface area contributed by atoms with Crippen molar-refractivity contribution in [3.8, 4) is 0 Å². The zero-order valence-electron chi connectivity index (χ0n) is 8.83. The molecule has 0 aliphatic heterocycles. The second kappa shape index (κ2) is 3.95. The van der Waals surface area contributed by atoms with Crippen molar-refractivity contribution in [2.45, 2.75) is 26.7 Å². The van der Waals surface area contributed by atoms with Crippen molar-refractivity contribution in [1.82, 2.24) is 9.97 Å². The highest BCUT2D eigenvalue weighted by Crippen LogP contribution is 2.37. The Morgan fingerprint density at radius 3 is 2.93 bits per heavy atom. The number of aryl methyl sites for hydroxylation is 1. The molecule has 2 rings (SSSR count). The molecule has 1 saturated carbocycles. The Morgan fingerprint density at radius 2 is 2.29 bits per heavy atom. The number of anilines is 1. The number of nitrogens with one attached hydrogen (secondary N) is 1. The summed E-state index contributed by atoms with van der Waals surface area (Å²) in [5.74, 6) is 2.72. The molecule has 0 aromatic carbocycles. The van der Waals surface area contributed by atoms with Crippen LogP contribution in [0.25, 0.3) is 0 Å². The summed E-state index contributed by atoms with van der Waals surface area (Å²) in [6, 6.07) is 2.03. The fourth-order valence-corrected chi connectivity index (χ4v) is 1.61. The second-order valence-corrected chi connectivity index (χ2v) is 4.10. The predicted octanol–water partition coefficient (Wildman–Crippen LogP) is 2.11. The average Bonchev–Trinajstić information content (AvgIpc) is 2.92. The lowest BCUT2D eigenvalue weighted by atomic mass is 10.3. The molecule has 1 aromatic heterocycles. The molecule has 2 unspecified atom stereocenters. The van der Waals surface area contributed by atoms with Crippen LogP contribution in [0.4, 0.5) is 5.82 Å². The SMILES string of the molecule is CCc1cc(NCC2CC2C)ncn1. The minimum atomic E-state index is 0.857. The molecular formula is C11H17N3. The van der Waals surface area contributed by atoms with Crippen LogP contribution in [-0.4, -0.2) is 16.5 Å². The Bertz CT molecular complexity index is 311. The van der Waals surface area contributed by atoms with E-state index in [0.29, 0.717) is 0 Å². The maximum absolute atomic E-state index is 4.19. The summed E-state index contributed by atoms with van der Waals surface area (Å²) in [6.07, 6.45) is 3.97. The van der Waals surface area contributed by atoms with Gasteiger partial charge in [-0.3, -0.25) is 0 Å². The van der Waals surface area contributed by atoms with Crippen LogP contribution in [0.1, 0.15) is 26.0 Å². The Kier molecular flexibility index (Phi) is 2.66. The van der Waals surface area contributed by atoms with Crippen molar-refractivity contribution in [2.24, 2.45) is 11.8 Å². The molecule has 1 N–H and O–H groups in total. The summed E-state index contributed by atoms with van der Waals surface area (Å²) >= 11 is 0. The zero-order valence-corrected chi connectivity index (χ0v) is 8.83. The van der Waals surface area contributed by atoms with E-state index in [2.05, 4.69) is 29.1 Å². The van der Waals surface area contributed by atoms with Crippen LogP contribution in [0.2, 0.25) is 0 Å². The molecule has 76 valence electrons. The highest BCUT2D eigenvalue weighted by molar-refractivity contribution is 5.35. The first-order valence-corrected chi connectivity index (χ1v) is 5.34. The van der Waals surface area contributed by atoms with E-state index in [1.807, 2.05) is 6.07 Å². The monoisotopic (exact) mass is 191 g/mol. The third-order valence-corrected chi connectivity index (χ3v) is 2.91. The van der Waals surface area contributed by atoms with Gasteiger partial charge >= 0.3 is 0 Å². The highest BCUT2D eigenvalue weighted by atomic mass is 15.0. The summed E-state index contributed by atoms with van der Waals surface area (Å²) in [5.41, 5.74) is 1.10. The minimum Gasteiger partial charge on any atom is -0.370 e. The van der Waals surface area contributed by atoms with Crippen molar-refractivity contribution < 1.29 is 0 Å². The van der Waals surface area contributed by atoms with Crippen LogP contribution >= 0.6 is 0 Å². The standard InChI is InChI=1S/C11H17N3/c1-3-10-5-11(14-7-13-10)12-6-9-4-8(9)2/h5,7-9H,3-4,6H2,1-2H3,(H,12,13,14). The first kappa shape index (κ1) is 9.44. The number of nitrogens with zero attached hydrogens (tertiary/aromatic N) is 2. The molecule has 3 heteroatoms. The fraction of sp³-hybridized carbons (Fsp3) is 0.636. The molecule has 0 saturated heterocycles. The lowest BCUT2D eigenvalue weighted by Gasteiger charge is -2.04. The summed E-state index contributed by atoms with van der Waals surface area (Å²) in [4.78, 5) is 8.35. The summed E-state index contributed by atoms with van der Waals surface area (Å²) < 4.78 is 0. The van der Waals surface area contributed by atoms with Gasteiger partial charge in [0, 0.05) is 18.3 Å². The molecule has 1 aliphatic rings. The van der Waals surface area contributed by atoms with Gasteiger partial charge in [-0.2, -0.15) is 0 Å². The van der Waals surface area contributed by atoms with Crippen LogP contribution in [0, 0.1) is 11.8 Å². The van der Waals surface area contributed by atoms with Crippen molar-refractivity contribution in [2.75, 3.05) is 11.9 Å². The number of rotatable bonds is 4. The van der Waals surface area contributed by atoms with E-state index in [0.717, 1.165) is 36.3 Å². The van der Waals surface area contributed by atoms with Crippen LogP contribution in [0.5, 0.6) is 0 Å². The number of hydrogen-bond donors (Lipinski definition) is 1. The van der Waals surface area contributed by atoms with Crippen molar-refractivity contribution in [3.05, 3.63) is 18.1 Å². The van der Waals surface area contributed by atoms with Gasteiger partial charge in [-0.15, -0.1) is 0 Å². The predicted molar refractivity (Wildman–Crippen MR) is 57.2 cm³/mol. The fourth-order valence-electron chi connectivity index (χ4n) is 1.61. The van der Waals surface area contributed by atoms with E-state index in [-0.39, 0.29) is 0 Å². The summed E-state index contributed by atoms with van der Waals surface area (Å²) in [7, 11) is 0. The minimum absolute atomic E-state index is 0.857. The Balaban J connectivity index is 1.88. The van der Waals surface area contributed by atoms with Gasteiger partial charge < -0.3 is 5.32 Å². The van der Waals surface area contributed by atoms with E-state index >= 15 is 0 Å². The van der Waals surface area contributed by atoms with Gasteiger partial charge in [0.2, 0.25) is 0 Å². The molecule has 14 heavy (non-hydrogen) atoms. The lowest BCUT2D eigenvalue weighted by Crippen LogP contribution is -2.06. The molecule has 0 radical (unpaired) electrons.